The summed E-state index contributed by atoms with van der Waals surface area (Å²) in [5, 5.41) is 0. The monoisotopic (exact) mass is 528 g/mol. The van der Waals surface area contributed by atoms with Crippen LogP contribution < -0.4 is 0 Å². The quantitative estimate of drug-likeness (QED) is 0.270. The molecule has 0 bridgehead atoms. The lowest BCUT2D eigenvalue weighted by atomic mass is 9.83. The standard InChI is InChI=1S/C28H33BrO5/c1-4-5-9-12-27(2,3)25(30)23(29)16-21-22-18-28(32-13-14-33-28)17-20(22)15-24(21)34-26(31)19-10-7-6-8-11-19/h6-8,10-11,16,20-22,24H,4,12-15,17-18H2,1-3H3/t20-,21-,22+,24-/m1/s1. The summed E-state index contributed by atoms with van der Waals surface area (Å²) >= 11 is 3.57. The minimum absolute atomic E-state index is 0.00978. The van der Waals surface area contributed by atoms with Crippen molar-refractivity contribution < 1.29 is 23.8 Å². The van der Waals surface area contributed by atoms with E-state index in [-0.39, 0.29) is 29.7 Å². The molecule has 0 N–H and O–H groups in total. The topological polar surface area (TPSA) is 61.8 Å². The fourth-order valence-corrected chi connectivity index (χ4v) is 6.37. The van der Waals surface area contributed by atoms with Crippen molar-refractivity contribution >= 4 is 27.7 Å². The van der Waals surface area contributed by atoms with Gasteiger partial charge in [0.15, 0.2) is 11.6 Å². The molecule has 0 unspecified atom stereocenters. The lowest BCUT2D eigenvalue weighted by Gasteiger charge is -2.27. The van der Waals surface area contributed by atoms with E-state index in [1.165, 1.54) is 0 Å². The van der Waals surface area contributed by atoms with Crippen LogP contribution in [0.2, 0.25) is 0 Å². The number of hydrogen-bond acceptors (Lipinski definition) is 5. The van der Waals surface area contributed by atoms with Gasteiger partial charge in [0.25, 0.3) is 0 Å². The molecule has 6 heteroatoms. The number of Topliss-reactive ketones (excluding diaryl/α,β-unsaturated/α-hetero) is 1. The Balaban J connectivity index is 1.56. The summed E-state index contributed by atoms with van der Waals surface area (Å²) in [6.07, 6.45) is 5.22. The summed E-state index contributed by atoms with van der Waals surface area (Å²) in [5.41, 5.74) is -0.0766. The number of carbonyl (C=O) groups is 2. The van der Waals surface area contributed by atoms with Gasteiger partial charge >= 0.3 is 5.97 Å². The molecule has 3 aliphatic rings. The van der Waals surface area contributed by atoms with Gasteiger partial charge in [-0.15, -0.1) is 11.8 Å². The molecule has 182 valence electrons. The third-order valence-corrected chi connectivity index (χ3v) is 7.89. The summed E-state index contributed by atoms with van der Waals surface area (Å²) in [6.45, 7) is 7.06. The normalized spacial score (nSPS) is 27.8. The number of benzene rings is 1. The molecule has 1 heterocycles. The number of fused-ring (bicyclic) bond motifs is 1. The Morgan fingerprint density at radius 2 is 1.88 bits per heavy atom. The number of allylic oxidation sites excluding steroid dienone is 1. The summed E-state index contributed by atoms with van der Waals surface area (Å²) in [5.74, 6) is 5.74. The van der Waals surface area contributed by atoms with Gasteiger partial charge in [-0.1, -0.05) is 45.0 Å². The van der Waals surface area contributed by atoms with Gasteiger partial charge in [0, 0.05) is 37.0 Å². The fourth-order valence-electron chi connectivity index (χ4n) is 5.53. The van der Waals surface area contributed by atoms with Gasteiger partial charge in [-0.05, 0) is 46.3 Å². The van der Waals surface area contributed by atoms with Crippen molar-refractivity contribution in [1.82, 2.24) is 0 Å². The third kappa shape index (κ3) is 5.32. The first-order valence-corrected chi connectivity index (χ1v) is 13.0. The maximum absolute atomic E-state index is 13.3. The molecule has 0 amide bonds. The van der Waals surface area contributed by atoms with E-state index in [0.717, 1.165) is 25.7 Å². The fraction of sp³-hybridized carbons (Fsp3) is 0.571. The minimum atomic E-state index is -0.611. The van der Waals surface area contributed by atoms with Gasteiger partial charge in [-0.3, -0.25) is 4.79 Å². The molecule has 4 rings (SSSR count). The van der Waals surface area contributed by atoms with Crippen LogP contribution >= 0.6 is 15.9 Å². The predicted molar refractivity (Wildman–Crippen MR) is 133 cm³/mol. The lowest BCUT2D eigenvalue weighted by molar-refractivity contribution is -0.157. The average Bonchev–Trinajstić information content (AvgIpc) is 3.50. The summed E-state index contributed by atoms with van der Waals surface area (Å²) < 4.78 is 18.5. The highest BCUT2D eigenvalue weighted by atomic mass is 79.9. The van der Waals surface area contributed by atoms with Gasteiger partial charge in [0.1, 0.15) is 6.10 Å². The first-order valence-electron chi connectivity index (χ1n) is 12.2. The molecular formula is C28H33BrO5. The van der Waals surface area contributed by atoms with Crippen LogP contribution in [0.25, 0.3) is 0 Å². The van der Waals surface area contributed by atoms with Crippen molar-refractivity contribution in [2.24, 2.45) is 23.2 Å². The number of hydrogen-bond donors (Lipinski definition) is 0. The van der Waals surface area contributed by atoms with E-state index >= 15 is 0 Å². The molecule has 34 heavy (non-hydrogen) atoms. The highest BCUT2D eigenvalue weighted by Crippen LogP contribution is 2.56. The lowest BCUT2D eigenvalue weighted by Crippen LogP contribution is -2.31. The Bertz CT molecular complexity index is 997. The zero-order valence-electron chi connectivity index (χ0n) is 20.1. The van der Waals surface area contributed by atoms with E-state index in [1.54, 1.807) is 12.1 Å². The van der Waals surface area contributed by atoms with Crippen LogP contribution in [-0.4, -0.2) is 36.9 Å². The second kappa shape index (κ2) is 10.4. The summed E-state index contributed by atoms with van der Waals surface area (Å²) in [7, 11) is 0. The summed E-state index contributed by atoms with van der Waals surface area (Å²) in [4.78, 5) is 26.2. The minimum Gasteiger partial charge on any atom is -0.458 e. The Morgan fingerprint density at radius 1 is 1.18 bits per heavy atom. The number of rotatable bonds is 6. The number of carbonyl (C=O) groups excluding carboxylic acids is 2. The highest BCUT2D eigenvalue weighted by molar-refractivity contribution is 9.12. The number of ketones is 1. The van der Waals surface area contributed by atoms with Crippen LogP contribution in [0.1, 0.15) is 63.2 Å². The number of esters is 1. The molecule has 1 spiro atoms. The third-order valence-electron chi connectivity index (χ3n) is 7.27. The summed E-state index contributed by atoms with van der Waals surface area (Å²) in [6, 6.07) is 9.05. The zero-order chi connectivity index (χ0) is 24.3. The van der Waals surface area contributed by atoms with Gasteiger partial charge in [0.05, 0.1) is 23.3 Å². The highest BCUT2D eigenvalue weighted by Gasteiger charge is 2.57. The molecule has 4 atom stereocenters. The van der Waals surface area contributed by atoms with E-state index in [4.69, 9.17) is 14.2 Å². The van der Waals surface area contributed by atoms with Crippen LogP contribution in [0.3, 0.4) is 0 Å². The first kappa shape index (κ1) is 25.2. The van der Waals surface area contributed by atoms with Crippen LogP contribution in [0.5, 0.6) is 0 Å². The molecule has 1 aromatic carbocycles. The van der Waals surface area contributed by atoms with E-state index in [2.05, 4.69) is 27.8 Å². The van der Waals surface area contributed by atoms with Crippen LogP contribution in [0.15, 0.2) is 40.9 Å². The van der Waals surface area contributed by atoms with Gasteiger partial charge in [0.2, 0.25) is 0 Å². The van der Waals surface area contributed by atoms with Crippen molar-refractivity contribution in [2.45, 2.75) is 64.8 Å². The average molecular weight is 529 g/mol. The smallest absolute Gasteiger partial charge is 0.338 e. The Kier molecular flexibility index (Phi) is 7.66. The van der Waals surface area contributed by atoms with E-state index in [9.17, 15) is 9.59 Å². The van der Waals surface area contributed by atoms with Crippen molar-refractivity contribution in [3.05, 3.63) is 46.5 Å². The maximum Gasteiger partial charge on any atom is 0.338 e. The SMILES string of the molecule is CCC#CCC(C)(C)C(=O)C(Br)=C[C@@H]1[C@H]2CC3(C[C@H]2C[C@H]1OC(=O)c1ccccc1)OCCO3. The van der Waals surface area contributed by atoms with Crippen molar-refractivity contribution in [3.8, 4) is 11.8 Å². The number of ether oxygens (including phenoxy) is 3. The van der Waals surface area contributed by atoms with Crippen LogP contribution in [0.4, 0.5) is 0 Å². The molecule has 5 nitrogen and oxygen atoms in total. The van der Waals surface area contributed by atoms with Crippen LogP contribution in [0, 0.1) is 35.0 Å². The van der Waals surface area contributed by atoms with E-state index < -0.39 is 11.2 Å². The molecule has 3 fully saturated rings. The van der Waals surface area contributed by atoms with Gasteiger partial charge < -0.3 is 14.2 Å². The molecule has 0 aromatic heterocycles. The molecule has 2 aliphatic carbocycles. The Labute approximate surface area is 210 Å². The maximum atomic E-state index is 13.3. The predicted octanol–water partition coefficient (Wildman–Crippen LogP) is 5.68. The second-order valence-corrected chi connectivity index (χ2v) is 11.0. The molecule has 1 saturated heterocycles. The van der Waals surface area contributed by atoms with Crippen molar-refractivity contribution in [1.29, 1.82) is 0 Å². The second-order valence-electron chi connectivity index (χ2n) is 10.2. The van der Waals surface area contributed by atoms with E-state index in [1.807, 2.05) is 45.0 Å². The molecular weight excluding hydrogens is 496 g/mol. The van der Waals surface area contributed by atoms with Crippen molar-refractivity contribution in [3.63, 3.8) is 0 Å². The number of halogens is 1. The first-order chi connectivity index (χ1) is 16.2. The molecule has 0 radical (unpaired) electrons. The largest absolute Gasteiger partial charge is 0.458 e. The molecule has 2 saturated carbocycles. The molecule has 1 aromatic rings. The van der Waals surface area contributed by atoms with Gasteiger partial charge in [-0.25, -0.2) is 4.79 Å². The Hall–Kier alpha value is -1.94. The van der Waals surface area contributed by atoms with Crippen LogP contribution in [-0.2, 0) is 19.0 Å². The van der Waals surface area contributed by atoms with E-state index in [0.29, 0.717) is 35.6 Å². The van der Waals surface area contributed by atoms with Crippen molar-refractivity contribution in [2.75, 3.05) is 13.2 Å². The molecule has 1 aliphatic heterocycles. The zero-order valence-corrected chi connectivity index (χ0v) is 21.7. The Morgan fingerprint density at radius 3 is 2.56 bits per heavy atom. The van der Waals surface area contributed by atoms with Gasteiger partial charge in [-0.2, -0.15) is 0 Å².